The Morgan fingerprint density at radius 3 is 2.21 bits per heavy atom. The van der Waals surface area contributed by atoms with Gasteiger partial charge in [0.1, 0.15) is 0 Å². The van der Waals surface area contributed by atoms with E-state index in [1.807, 2.05) is 30.0 Å². The first-order chi connectivity index (χ1) is 20.4. The van der Waals surface area contributed by atoms with E-state index in [1.165, 1.54) is 18.2 Å². The number of fused-ring (bicyclic) bond motifs is 2. The minimum absolute atomic E-state index is 0.0497. The number of likely N-dealkylation sites (tertiary alicyclic amines) is 1. The number of carbonyl (C=O) groups excluding carboxylic acids is 2. The SMILES string of the molecule is CC(=O)N1CCC(C(=O)N(CCCN2C3CCC2CC(NS(=O)(=O)c2ccc(Cl)c(Cl)c2)C3)c2ccc(C)c(Cl)c2)CC1. The Kier molecular flexibility index (Phi) is 10.3. The van der Waals surface area contributed by atoms with Crippen LogP contribution < -0.4 is 9.62 Å². The summed E-state index contributed by atoms with van der Waals surface area (Å²) in [6.07, 6.45) is 5.63. The Labute approximate surface area is 269 Å². The van der Waals surface area contributed by atoms with Gasteiger partial charge in [0.2, 0.25) is 21.8 Å². The first kappa shape index (κ1) is 32.5. The predicted molar refractivity (Wildman–Crippen MR) is 171 cm³/mol. The van der Waals surface area contributed by atoms with Crippen molar-refractivity contribution >= 4 is 62.3 Å². The lowest BCUT2D eigenvalue weighted by molar-refractivity contribution is -0.133. The van der Waals surface area contributed by atoms with Crippen molar-refractivity contribution in [2.45, 2.75) is 81.8 Å². The van der Waals surface area contributed by atoms with Crippen molar-refractivity contribution in [3.8, 4) is 0 Å². The molecule has 12 heteroatoms. The number of halogens is 3. The number of sulfonamides is 1. The van der Waals surface area contributed by atoms with E-state index in [0.29, 0.717) is 42.5 Å². The molecule has 234 valence electrons. The van der Waals surface area contributed by atoms with Gasteiger partial charge in [-0.3, -0.25) is 14.5 Å². The van der Waals surface area contributed by atoms with Gasteiger partial charge in [0.05, 0.1) is 14.9 Å². The van der Waals surface area contributed by atoms with Crippen LogP contribution in [0.1, 0.15) is 57.4 Å². The summed E-state index contributed by atoms with van der Waals surface area (Å²) < 4.78 is 29.0. The molecule has 3 fully saturated rings. The van der Waals surface area contributed by atoms with Crippen molar-refractivity contribution in [3.63, 3.8) is 0 Å². The van der Waals surface area contributed by atoms with E-state index in [0.717, 1.165) is 49.9 Å². The van der Waals surface area contributed by atoms with E-state index < -0.39 is 10.0 Å². The zero-order valence-electron chi connectivity index (χ0n) is 24.6. The van der Waals surface area contributed by atoms with Gasteiger partial charge in [0, 0.05) is 67.9 Å². The van der Waals surface area contributed by atoms with Crippen LogP contribution >= 0.6 is 34.8 Å². The maximum absolute atomic E-state index is 13.8. The van der Waals surface area contributed by atoms with Crippen LogP contribution in [0.4, 0.5) is 5.69 Å². The number of nitrogens with zero attached hydrogens (tertiary/aromatic N) is 3. The maximum Gasteiger partial charge on any atom is 0.240 e. The molecule has 3 heterocycles. The van der Waals surface area contributed by atoms with Gasteiger partial charge in [-0.1, -0.05) is 40.9 Å². The normalized spacial score (nSPS) is 23.0. The number of hydrogen-bond donors (Lipinski definition) is 1. The van der Waals surface area contributed by atoms with Gasteiger partial charge >= 0.3 is 0 Å². The standard InChI is InChI=1S/C31H39Cl3N4O4S/c1-20-4-5-26(18-29(20)33)38(31(40)22-10-14-36(15-11-22)21(2)39)13-3-12-37-24-6-7-25(37)17-23(16-24)35-43(41,42)27-8-9-28(32)30(34)19-27/h4-5,8-9,18-19,22-25,35H,3,6-7,10-17H2,1-2H3. The minimum Gasteiger partial charge on any atom is -0.343 e. The average Bonchev–Trinajstić information content (AvgIpc) is 3.20. The van der Waals surface area contributed by atoms with Gasteiger partial charge in [-0.05, 0) is 87.8 Å². The van der Waals surface area contributed by atoms with Crippen LogP contribution in [0, 0.1) is 12.8 Å². The molecule has 0 saturated carbocycles. The molecule has 3 saturated heterocycles. The molecular formula is C31H39Cl3N4O4S. The molecule has 0 radical (unpaired) electrons. The monoisotopic (exact) mass is 668 g/mol. The molecule has 5 rings (SSSR count). The maximum atomic E-state index is 13.8. The van der Waals surface area contributed by atoms with E-state index in [1.54, 1.807) is 11.8 Å². The smallest absolute Gasteiger partial charge is 0.240 e. The van der Waals surface area contributed by atoms with Gasteiger partial charge in [-0.25, -0.2) is 13.1 Å². The van der Waals surface area contributed by atoms with Crippen LogP contribution in [0.25, 0.3) is 0 Å². The highest BCUT2D eigenvalue weighted by atomic mass is 35.5. The molecule has 2 amide bonds. The van der Waals surface area contributed by atoms with Crippen LogP contribution in [-0.4, -0.2) is 74.3 Å². The highest BCUT2D eigenvalue weighted by Gasteiger charge is 2.41. The second-order valence-electron chi connectivity index (χ2n) is 12.0. The third-order valence-electron chi connectivity index (χ3n) is 9.23. The van der Waals surface area contributed by atoms with Crippen molar-refractivity contribution < 1.29 is 18.0 Å². The summed E-state index contributed by atoms with van der Waals surface area (Å²) in [6.45, 7) is 6.11. The molecule has 2 bridgehead atoms. The predicted octanol–water partition coefficient (Wildman–Crippen LogP) is 5.91. The molecule has 3 aliphatic rings. The van der Waals surface area contributed by atoms with E-state index in [9.17, 15) is 18.0 Å². The summed E-state index contributed by atoms with van der Waals surface area (Å²) in [5.74, 6) is 0.00121. The molecule has 43 heavy (non-hydrogen) atoms. The Morgan fingerprint density at radius 2 is 1.60 bits per heavy atom. The van der Waals surface area contributed by atoms with Crippen molar-refractivity contribution in [2.75, 3.05) is 31.1 Å². The van der Waals surface area contributed by atoms with Crippen molar-refractivity contribution in [3.05, 3.63) is 57.0 Å². The van der Waals surface area contributed by atoms with Gasteiger partial charge in [-0.2, -0.15) is 0 Å². The average molecular weight is 670 g/mol. The van der Waals surface area contributed by atoms with Gasteiger partial charge in [0.15, 0.2) is 0 Å². The molecule has 0 aliphatic carbocycles. The summed E-state index contributed by atoms with van der Waals surface area (Å²) in [4.78, 5) is 31.9. The van der Waals surface area contributed by atoms with Crippen molar-refractivity contribution in [2.24, 2.45) is 5.92 Å². The molecular weight excluding hydrogens is 631 g/mol. The van der Waals surface area contributed by atoms with Crippen LogP contribution in [0.2, 0.25) is 15.1 Å². The molecule has 8 nitrogen and oxygen atoms in total. The summed E-state index contributed by atoms with van der Waals surface area (Å²) in [7, 11) is -3.72. The Balaban J connectivity index is 1.21. The van der Waals surface area contributed by atoms with Gasteiger partial charge < -0.3 is 9.80 Å². The second-order valence-corrected chi connectivity index (χ2v) is 15.0. The van der Waals surface area contributed by atoms with Gasteiger partial charge in [0.25, 0.3) is 0 Å². The third kappa shape index (κ3) is 7.51. The summed E-state index contributed by atoms with van der Waals surface area (Å²) in [5, 5.41) is 1.16. The lowest BCUT2D eigenvalue weighted by atomic mass is 9.94. The fourth-order valence-corrected chi connectivity index (χ4v) is 8.68. The van der Waals surface area contributed by atoms with Crippen molar-refractivity contribution in [1.82, 2.24) is 14.5 Å². The molecule has 0 spiro atoms. The number of aryl methyl sites for hydroxylation is 1. The van der Waals surface area contributed by atoms with E-state index in [4.69, 9.17) is 34.8 Å². The zero-order valence-corrected chi connectivity index (χ0v) is 27.7. The number of carbonyl (C=O) groups is 2. The molecule has 2 unspecified atom stereocenters. The zero-order chi connectivity index (χ0) is 30.9. The number of rotatable bonds is 9. The highest BCUT2D eigenvalue weighted by molar-refractivity contribution is 7.89. The molecule has 2 atom stereocenters. The third-order valence-corrected chi connectivity index (χ3v) is 11.9. The summed E-state index contributed by atoms with van der Waals surface area (Å²) >= 11 is 18.5. The van der Waals surface area contributed by atoms with Crippen molar-refractivity contribution in [1.29, 1.82) is 0 Å². The van der Waals surface area contributed by atoms with Gasteiger partial charge in [-0.15, -0.1) is 0 Å². The largest absolute Gasteiger partial charge is 0.343 e. The summed E-state index contributed by atoms with van der Waals surface area (Å²) in [5.41, 5.74) is 1.76. The fraction of sp³-hybridized carbons (Fsp3) is 0.548. The van der Waals surface area contributed by atoms with E-state index >= 15 is 0 Å². The van der Waals surface area contributed by atoms with Crippen LogP contribution in [0.5, 0.6) is 0 Å². The number of hydrogen-bond acceptors (Lipinski definition) is 5. The Bertz CT molecular complexity index is 1450. The first-order valence-electron chi connectivity index (χ1n) is 15.0. The Morgan fingerprint density at radius 1 is 0.930 bits per heavy atom. The number of piperidine rings is 2. The lowest BCUT2D eigenvalue weighted by Gasteiger charge is -2.39. The van der Waals surface area contributed by atoms with Crippen LogP contribution in [0.15, 0.2) is 41.3 Å². The minimum atomic E-state index is -3.72. The molecule has 2 aromatic rings. The van der Waals surface area contributed by atoms with Crippen LogP contribution in [0.3, 0.4) is 0 Å². The highest BCUT2D eigenvalue weighted by Crippen LogP contribution is 2.37. The molecule has 2 aromatic carbocycles. The number of benzene rings is 2. The van der Waals surface area contributed by atoms with E-state index in [2.05, 4.69) is 9.62 Å². The summed E-state index contributed by atoms with van der Waals surface area (Å²) in [6, 6.07) is 10.6. The Hall–Kier alpha value is -1.88. The fourth-order valence-electron chi connectivity index (χ4n) is 6.86. The van der Waals surface area contributed by atoms with E-state index in [-0.39, 0.29) is 45.8 Å². The number of anilines is 1. The first-order valence-corrected chi connectivity index (χ1v) is 17.6. The quantitative estimate of drug-likeness (QED) is 0.359. The molecule has 3 aliphatic heterocycles. The lowest BCUT2D eigenvalue weighted by Crippen LogP contribution is -2.51. The topological polar surface area (TPSA) is 90.0 Å². The van der Waals surface area contributed by atoms with Crippen LogP contribution in [-0.2, 0) is 19.6 Å². The number of nitrogens with one attached hydrogen (secondary N) is 1. The second kappa shape index (κ2) is 13.6. The number of amides is 2. The molecule has 1 N–H and O–H groups in total. The molecule has 0 aromatic heterocycles.